The van der Waals surface area contributed by atoms with Gasteiger partial charge in [0.2, 0.25) is 5.30 Å². The summed E-state index contributed by atoms with van der Waals surface area (Å²) in [4.78, 5) is 8.91. The largest absolute Gasteiger partial charge is 0.546 e. The number of sulfonamides is 1. The van der Waals surface area contributed by atoms with E-state index in [2.05, 4.69) is 4.72 Å². The van der Waals surface area contributed by atoms with Crippen LogP contribution in [0.3, 0.4) is 0 Å². The van der Waals surface area contributed by atoms with Crippen LogP contribution in [0, 0.1) is 0 Å². The highest BCUT2D eigenvalue weighted by Crippen LogP contribution is 2.37. The highest BCUT2D eigenvalue weighted by molar-refractivity contribution is 7.92. The molecular formula is C19H12Cl2F3NO4PS+. The molecule has 0 saturated carbocycles. The van der Waals surface area contributed by atoms with Crippen molar-refractivity contribution < 1.29 is 31.0 Å². The fourth-order valence-corrected chi connectivity index (χ4v) is 4.90. The van der Waals surface area contributed by atoms with E-state index in [0.717, 1.165) is 12.1 Å². The van der Waals surface area contributed by atoms with E-state index in [0.29, 0.717) is 6.07 Å². The Morgan fingerprint density at radius 3 is 2.26 bits per heavy atom. The van der Waals surface area contributed by atoms with Crippen LogP contribution in [0.2, 0.25) is 10.0 Å². The third-order valence-electron chi connectivity index (χ3n) is 4.18. The highest BCUT2D eigenvalue weighted by Gasteiger charge is 2.34. The van der Waals surface area contributed by atoms with Crippen molar-refractivity contribution in [1.82, 2.24) is 0 Å². The summed E-state index contributed by atoms with van der Waals surface area (Å²) in [5.74, 6) is 0. The van der Waals surface area contributed by atoms with Crippen LogP contribution in [0.15, 0.2) is 65.6 Å². The van der Waals surface area contributed by atoms with E-state index in [1.807, 2.05) is 0 Å². The lowest BCUT2D eigenvalue weighted by molar-refractivity contribution is -0.137. The van der Waals surface area contributed by atoms with Crippen molar-refractivity contribution in [3.8, 4) is 11.1 Å². The number of alkyl halides is 3. The maximum absolute atomic E-state index is 13.1. The van der Waals surface area contributed by atoms with Gasteiger partial charge < -0.3 is 0 Å². The molecule has 12 heteroatoms. The lowest BCUT2D eigenvalue weighted by Crippen LogP contribution is -2.16. The van der Waals surface area contributed by atoms with Gasteiger partial charge in [-0.3, -0.25) is 4.72 Å². The Labute approximate surface area is 186 Å². The van der Waals surface area contributed by atoms with Crippen molar-refractivity contribution in [2.75, 3.05) is 4.72 Å². The lowest BCUT2D eigenvalue weighted by Gasteiger charge is -2.15. The Hall–Kier alpha value is -2.16. The smallest absolute Gasteiger partial charge is 0.279 e. The molecule has 31 heavy (non-hydrogen) atoms. The highest BCUT2D eigenvalue weighted by atomic mass is 35.5. The fraction of sp³-hybridized carbons (Fsp3) is 0.0526. The van der Waals surface area contributed by atoms with Crippen molar-refractivity contribution in [1.29, 1.82) is 0 Å². The Morgan fingerprint density at radius 2 is 1.61 bits per heavy atom. The molecule has 0 aliphatic rings. The maximum atomic E-state index is 13.1. The van der Waals surface area contributed by atoms with Gasteiger partial charge in [-0.1, -0.05) is 41.4 Å². The minimum Gasteiger partial charge on any atom is -0.279 e. The molecule has 3 rings (SSSR count). The molecule has 3 aromatic carbocycles. The van der Waals surface area contributed by atoms with Crippen LogP contribution in [0.25, 0.3) is 11.1 Å². The van der Waals surface area contributed by atoms with Crippen LogP contribution in [0.4, 0.5) is 18.9 Å². The first-order chi connectivity index (χ1) is 14.4. The molecule has 5 nitrogen and oxygen atoms in total. The van der Waals surface area contributed by atoms with E-state index in [9.17, 15) is 31.0 Å². The van der Waals surface area contributed by atoms with Crippen LogP contribution in [0.1, 0.15) is 5.56 Å². The van der Waals surface area contributed by atoms with E-state index < -0.39 is 39.7 Å². The molecule has 0 bridgehead atoms. The van der Waals surface area contributed by atoms with Crippen molar-refractivity contribution in [2.45, 2.75) is 11.1 Å². The third-order valence-corrected chi connectivity index (χ3v) is 6.91. The molecule has 162 valence electrons. The molecular weight excluding hydrogens is 497 g/mol. The first-order valence-corrected chi connectivity index (χ1v) is 11.8. The van der Waals surface area contributed by atoms with Gasteiger partial charge in [-0.2, -0.15) is 18.1 Å². The van der Waals surface area contributed by atoms with Gasteiger partial charge in [-0.15, -0.1) is 0 Å². The minimum absolute atomic E-state index is 0.0473. The molecule has 0 aliphatic heterocycles. The van der Waals surface area contributed by atoms with E-state index >= 15 is 0 Å². The van der Waals surface area contributed by atoms with E-state index in [1.165, 1.54) is 36.4 Å². The summed E-state index contributed by atoms with van der Waals surface area (Å²) in [5, 5.41) is -0.457. The van der Waals surface area contributed by atoms with Crippen molar-refractivity contribution in [2.24, 2.45) is 0 Å². The lowest BCUT2D eigenvalue weighted by atomic mass is 10.0. The van der Waals surface area contributed by atoms with E-state index in [1.54, 1.807) is 6.07 Å². The first-order valence-electron chi connectivity index (χ1n) is 8.35. The number of rotatable bonds is 5. The number of nitrogens with one attached hydrogen (secondary N) is 1. The van der Waals surface area contributed by atoms with Gasteiger partial charge in [0.05, 0.1) is 21.2 Å². The summed E-state index contributed by atoms with van der Waals surface area (Å²) < 4.78 is 79.0. The van der Waals surface area contributed by atoms with Gasteiger partial charge >= 0.3 is 14.2 Å². The summed E-state index contributed by atoms with van der Waals surface area (Å²) in [6.45, 7) is 0. The summed E-state index contributed by atoms with van der Waals surface area (Å²) in [5.41, 5.74) is -0.912. The monoisotopic (exact) mass is 508 g/mol. The fourth-order valence-electron chi connectivity index (χ4n) is 2.80. The van der Waals surface area contributed by atoms with Gasteiger partial charge in [0.25, 0.3) is 10.0 Å². The molecule has 0 spiro atoms. The van der Waals surface area contributed by atoms with Gasteiger partial charge in [-0.05, 0) is 47.0 Å². The third kappa shape index (κ3) is 5.19. The molecule has 2 N–H and O–H groups in total. The molecule has 0 amide bonds. The predicted octanol–water partition coefficient (Wildman–Crippen LogP) is 5.84. The zero-order chi connectivity index (χ0) is 23.0. The van der Waals surface area contributed by atoms with Crippen LogP contribution in [-0.4, -0.2) is 13.3 Å². The first kappa shape index (κ1) is 23.5. The SMILES string of the molecule is O=[P+](O)c1ccccc1-c1ccc(Cl)cc1NS(=O)(=O)c1ccc(Cl)c(C(F)(F)F)c1. The second-order valence-corrected chi connectivity index (χ2v) is 9.78. The Morgan fingerprint density at radius 1 is 0.935 bits per heavy atom. The molecule has 0 aliphatic carbocycles. The molecule has 1 atom stereocenters. The summed E-state index contributed by atoms with van der Waals surface area (Å²) in [6, 6.07) is 12.3. The second-order valence-electron chi connectivity index (χ2n) is 6.22. The Kier molecular flexibility index (Phi) is 6.64. The van der Waals surface area contributed by atoms with Crippen LogP contribution >= 0.6 is 31.2 Å². The summed E-state index contributed by atoms with van der Waals surface area (Å²) >= 11 is 11.5. The number of hydrogen-bond acceptors (Lipinski definition) is 3. The number of anilines is 1. The van der Waals surface area contributed by atoms with Crippen LogP contribution in [0.5, 0.6) is 0 Å². The van der Waals surface area contributed by atoms with Gasteiger partial charge in [-0.25, -0.2) is 8.42 Å². The van der Waals surface area contributed by atoms with Gasteiger partial charge in [0.1, 0.15) is 0 Å². The van der Waals surface area contributed by atoms with Gasteiger partial charge in [0.15, 0.2) is 0 Å². The van der Waals surface area contributed by atoms with Gasteiger partial charge in [0, 0.05) is 16.1 Å². The molecule has 0 fully saturated rings. The number of hydrogen-bond donors (Lipinski definition) is 2. The van der Waals surface area contributed by atoms with Crippen LogP contribution in [-0.2, 0) is 20.8 Å². The molecule has 1 unspecified atom stereocenters. The number of halogens is 5. The summed E-state index contributed by atoms with van der Waals surface area (Å²) in [7, 11) is -7.25. The Bertz CT molecular complexity index is 1280. The molecule has 0 aromatic heterocycles. The molecule has 0 radical (unpaired) electrons. The molecule has 0 heterocycles. The topological polar surface area (TPSA) is 83.5 Å². The normalized spacial score (nSPS) is 12.5. The number of benzene rings is 3. The van der Waals surface area contributed by atoms with Crippen molar-refractivity contribution in [3.05, 3.63) is 76.3 Å². The van der Waals surface area contributed by atoms with Crippen molar-refractivity contribution >= 4 is 52.2 Å². The second kappa shape index (κ2) is 8.76. The van der Waals surface area contributed by atoms with Crippen molar-refractivity contribution in [3.63, 3.8) is 0 Å². The van der Waals surface area contributed by atoms with E-state index in [4.69, 9.17) is 23.2 Å². The van der Waals surface area contributed by atoms with Crippen LogP contribution < -0.4 is 10.0 Å². The maximum Gasteiger partial charge on any atom is 0.546 e. The minimum atomic E-state index is -4.85. The zero-order valence-corrected chi connectivity index (χ0v) is 18.4. The average Bonchev–Trinajstić information content (AvgIpc) is 2.67. The summed E-state index contributed by atoms with van der Waals surface area (Å²) in [6.07, 6.45) is -4.85. The standard InChI is InChI=1S/C19H11Cl2F3NO4PS/c20-11-5-7-13(14-3-1-2-4-18(14)30(26)27)17(9-11)25-31(28,29)12-6-8-16(21)15(10-12)19(22,23)24/h1-10,25H/p+1. The quantitative estimate of drug-likeness (QED) is 0.424. The molecule has 3 aromatic rings. The Balaban J connectivity index is 2.12. The average molecular weight is 509 g/mol. The molecule has 0 saturated heterocycles. The van der Waals surface area contributed by atoms with E-state index in [-0.39, 0.29) is 27.1 Å². The zero-order valence-electron chi connectivity index (χ0n) is 15.2. The predicted molar refractivity (Wildman–Crippen MR) is 114 cm³/mol.